The Morgan fingerprint density at radius 2 is 2.31 bits per heavy atom. The zero-order valence-electron chi connectivity index (χ0n) is 8.93. The molecule has 88 valence electrons. The normalized spacial score (nSPS) is 9.94. The molecule has 0 bridgehead atoms. The van der Waals surface area contributed by atoms with Gasteiger partial charge >= 0.3 is 5.97 Å². The largest absolute Gasteiger partial charge is 0.465 e. The highest BCUT2D eigenvalue weighted by Crippen LogP contribution is 2.21. The number of anilines is 1. The van der Waals surface area contributed by atoms with E-state index in [1.54, 1.807) is 18.2 Å². The van der Waals surface area contributed by atoms with Crippen LogP contribution in [-0.2, 0) is 4.74 Å². The smallest absolute Gasteiger partial charge is 0.339 e. The monoisotopic (exact) mass is 245 g/mol. The number of ether oxygens (including phenoxy) is 1. The third-order valence-electron chi connectivity index (χ3n) is 2.01. The van der Waals surface area contributed by atoms with Gasteiger partial charge in [-0.2, -0.15) is 0 Å². The number of alkyl halides is 1. The average molecular weight is 246 g/mol. The van der Waals surface area contributed by atoms with Crippen LogP contribution >= 0.6 is 11.6 Å². The SMILES string of the molecule is COC(=O)c1ccc(NCCCF)cc1Cl. The summed E-state index contributed by atoms with van der Waals surface area (Å²) in [5, 5.41) is 3.31. The van der Waals surface area contributed by atoms with Gasteiger partial charge in [0, 0.05) is 12.2 Å². The van der Waals surface area contributed by atoms with E-state index in [0.717, 1.165) is 5.69 Å². The minimum atomic E-state index is -0.472. The molecular formula is C11H13ClFNO2. The number of nitrogens with one attached hydrogen (secondary N) is 1. The van der Waals surface area contributed by atoms with Gasteiger partial charge in [-0.3, -0.25) is 4.39 Å². The second-order valence-corrected chi connectivity index (χ2v) is 3.56. The molecule has 3 nitrogen and oxygen atoms in total. The summed E-state index contributed by atoms with van der Waals surface area (Å²) in [4.78, 5) is 11.2. The number of halogens is 2. The third-order valence-corrected chi connectivity index (χ3v) is 2.33. The number of benzene rings is 1. The molecule has 1 aromatic carbocycles. The van der Waals surface area contributed by atoms with Crippen molar-refractivity contribution in [2.75, 3.05) is 25.6 Å². The van der Waals surface area contributed by atoms with Crippen LogP contribution in [0.2, 0.25) is 5.02 Å². The van der Waals surface area contributed by atoms with Crippen molar-refractivity contribution in [2.45, 2.75) is 6.42 Å². The Morgan fingerprint density at radius 1 is 1.56 bits per heavy atom. The molecule has 0 aliphatic carbocycles. The van der Waals surface area contributed by atoms with Gasteiger partial charge in [-0.25, -0.2) is 4.79 Å². The van der Waals surface area contributed by atoms with Gasteiger partial charge in [0.1, 0.15) is 0 Å². The lowest BCUT2D eigenvalue weighted by Crippen LogP contribution is -2.05. The fraction of sp³-hybridized carbons (Fsp3) is 0.364. The zero-order valence-corrected chi connectivity index (χ0v) is 9.68. The summed E-state index contributed by atoms with van der Waals surface area (Å²) in [6.45, 7) is 0.172. The van der Waals surface area contributed by atoms with Crippen LogP contribution in [0.3, 0.4) is 0 Å². The molecule has 0 radical (unpaired) electrons. The predicted molar refractivity (Wildman–Crippen MR) is 61.9 cm³/mol. The summed E-state index contributed by atoms with van der Waals surface area (Å²) in [7, 11) is 1.30. The average Bonchev–Trinajstić information content (AvgIpc) is 2.29. The first-order chi connectivity index (χ1) is 7.69. The van der Waals surface area contributed by atoms with Crippen molar-refractivity contribution in [3.63, 3.8) is 0 Å². The van der Waals surface area contributed by atoms with Crippen LogP contribution in [0.1, 0.15) is 16.8 Å². The van der Waals surface area contributed by atoms with Gasteiger partial charge in [0.05, 0.1) is 24.4 Å². The first kappa shape index (κ1) is 12.8. The maximum Gasteiger partial charge on any atom is 0.339 e. The molecule has 0 heterocycles. The fourth-order valence-electron chi connectivity index (χ4n) is 1.20. The van der Waals surface area contributed by atoms with E-state index in [-0.39, 0.29) is 6.67 Å². The Hall–Kier alpha value is -1.29. The molecule has 0 amide bonds. The number of esters is 1. The van der Waals surface area contributed by atoms with Crippen LogP contribution in [0.15, 0.2) is 18.2 Å². The van der Waals surface area contributed by atoms with E-state index in [2.05, 4.69) is 10.1 Å². The van der Waals surface area contributed by atoms with Gasteiger partial charge in [-0.1, -0.05) is 11.6 Å². The molecule has 5 heteroatoms. The van der Waals surface area contributed by atoms with Crippen LogP contribution in [-0.4, -0.2) is 26.3 Å². The van der Waals surface area contributed by atoms with E-state index in [1.165, 1.54) is 7.11 Å². The Bertz CT molecular complexity index is 371. The molecule has 16 heavy (non-hydrogen) atoms. The molecule has 0 aliphatic heterocycles. The van der Waals surface area contributed by atoms with Gasteiger partial charge < -0.3 is 10.1 Å². The number of hydrogen-bond acceptors (Lipinski definition) is 3. The van der Waals surface area contributed by atoms with E-state index in [1.807, 2.05) is 0 Å². The fourth-order valence-corrected chi connectivity index (χ4v) is 1.46. The van der Waals surface area contributed by atoms with Gasteiger partial charge in [0.15, 0.2) is 0 Å². The van der Waals surface area contributed by atoms with Crippen molar-refractivity contribution >= 4 is 23.3 Å². The number of methoxy groups -OCH3 is 1. The van der Waals surface area contributed by atoms with Crippen LogP contribution in [0, 0.1) is 0 Å². The second kappa shape index (κ2) is 6.33. The van der Waals surface area contributed by atoms with E-state index >= 15 is 0 Å². The Morgan fingerprint density at radius 3 is 2.88 bits per heavy atom. The van der Waals surface area contributed by atoms with Crippen LogP contribution < -0.4 is 5.32 Å². The Kier molecular flexibility index (Phi) is 5.05. The molecule has 0 aliphatic rings. The maximum absolute atomic E-state index is 11.9. The summed E-state index contributed by atoms with van der Waals surface area (Å²) >= 11 is 5.90. The molecule has 0 atom stereocenters. The van der Waals surface area contributed by atoms with Crippen molar-refractivity contribution in [3.8, 4) is 0 Å². The van der Waals surface area contributed by atoms with Crippen LogP contribution in [0.4, 0.5) is 10.1 Å². The summed E-state index contributed by atoms with van der Waals surface area (Å²) in [5.41, 5.74) is 1.08. The number of hydrogen-bond donors (Lipinski definition) is 1. The Balaban J connectivity index is 2.71. The minimum Gasteiger partial charge on any atom is -0.465 e. The van der Waals surface area contributed by atoms with E-state index in [9.17, 15) is 9.18 Å². The first-order valence-corrected chi connectivity index (χ1v) is 5.24. The highest BCUT2D eigenvalue weighted by molar-refractivity contribution is 6.33. The third kappa shape index (κ3) is 3.38. The lowest BCUT2D eigenvalue weighted by molar-refractivity contribution is 0.0601. The van der Waals surface area contributed by atoms with Crippen molar-refractivity contribution < 1.29 is 13.9 Å². The summed E-state index contributed by atoms with van der Waals surface area (Å²) in [5.74, 6) is -0.472. The molecule has 1 N–H and O–H groups in total. The van der Waals surface area contributed by atoms with Crippen molar-refractivity contribution in [1.82, 2.24) is 0 Å². The van der Waals surface area contributed by atoms with Crippen molar-refractivity contribution in [2.24, 2.45) is 0 Å². The maximum atomic E-state index is 11.9. The molecule has 0 saturated heterocycles. The molecule has 0 aromatic heterocycles. The lowest BCUT2D eigenvalue weighted by Gasteiger charge is -2.07. The summed E-state index contributed by atoms with van der Waals surface area (Å²) < 4.78 is 16.4. The highest BCUT2D eigenvalue weighted by atomic mass is 35.5. The van der Waals surface area contributed by atoms with Gasteiger partial charge in [-0.05, 0) is 24.6 Å². The van der Waals surface area contributed by atoms with Gasteiger partial charge in [0.25, 0.3) is 0 Å². The lowest BCUT2D eigenvalue weighted by atomic mass is 10.2. The zero-order chi connectivity index (χ0) is 12.0. The summed E-state index contributed by atoms with van der Waals surface area (Å²) in [6, 6.07) is 4.90. The van der Waals surface area contributed by atoms with E-state index in [4.69, 9.17) is 11.6 Å². The van der Waals surface area contributed by atoms with E-state index < -0.39 is 5.97 Å². The van der Waals surface area contributed by atoms with Crippen molar-refractivity contribution in [1.29, 1.82) is 0 Å². The predicted octanol–water partition coefficient (Wildman–Crippen LogP) is 2.90. The van der Waals surface area contributed by atoms with Crippen LogP contribution in [0.25, 0.3) is 0 Å². The molecule has 1 rings (SSSR count). The number of carbonyl (C=O) groups is 1. The minimum absolute atomic E-state index is 0.317. The van der Waals surface area contributed by atoms with Gasteiger partial charge in [0.2, 0.25) is 0 Å². The van der Waals surface area contributed by atoms with E-state index in [0.29, 0.717) is 23.6 Å². The highest BCUT2D eigenvalue weighted by Gasteiger charge is 2.10. The topological polar surface area (TPSA) is 38.3 Å². The Labute approximate surface area is 98.5 Å². The molecular weight excluding hydrogens is 233 g/mol. The molecule has 1 aromatic rings. The number of carbonyl (C=O) groups excluding carboxylic acids is 1. The summed E-state index contributed by atoms with van der Waals surface area (Å²) in [6.07, 6.45) is 0.441. The standard InChI is InChI=1S/C11H13ClFNO2/c1-16-11(15)9-4-3-8(7-10(9)12)14-6-2-5-13/h3-4,7,14H,2,5-6H2,1H3. The van der Waals surface area contributed by atoms with Crippen LogP contribution in [0.5, 0.6) is 0 Å². The molecule has 0 saturated carbocycles. The number of rotatable bonds is 5. The molecule has 0 spiro atoms. The molecule has 0 fully saturated rings. The first-order valence-electron chi connectivity index (χ1n) is 4.86. The second-order valence-electron chi connectivity index (χ2n) is 3.16. The van der Waals surface area contributed by atoms with Gasteiger partial charge in [-0.15, -0.1) is 0 Å². The van der Waals surface area contributed by atoms with Crippen molar-refractivity contribution in [3.05, 3.63) is 28.8 Å². The molecule has 0 unspecified atom stereocenters. The quantitative estimate of drug-likeness (QED) is 0.640.